The zero-order valence-corrected chi connectivity index (χ0v) is 12.0. The summed E-state index contributed by atoms with van der Waals surface area (Å²) in [5, 5.41) is 3.00. The Morgan fingerprint density at radius 2 is 2.24 bits per heavy atom. The van der Waals surface area contributed by atoms with E-state index in [0.29, 0.717) is 17.0 Å². The van der Waals surface area contributed by atoms with E-state index < -0.39 is 0 Å². The Balaban J connectivity index is 1.77. The maximum Gasteiger partial charge on any atom is 0.264 e. The van der Waals surface area contributed by atoms with Gasteiger partial charge in [0.15, 0.2) is 6.61 Å². The molecule has 0 radical (unpaired) electrons. The van der Waals surface area contributed by atoms with E-state index in [1.807, 2.05) is 0 Å². The lowest BCUT2D eigenvalue weighted by atomic mass is 10.1. The molecule has 2 aliphatic rings. The highest BCUT2D eigenvalue weighted by Gasteiger charge is 2.26. The van der Waals surface area contributed by atoms with Gasteiger partial charge in [-0.1, -0.05) is 0 Å². The number of nitrogens with one attached hydrogen (secondary N) is 1. The van der Waals surface area contributed by atoms with Crippen LogP contribution in [-0.2, 0) is 4.79 Å². The Morgan fingerprint density at radius 1 is 1.43 bits per heavy atom. The summed E-state index contributed by atoms with van der Waals surface area (Å²) in [5.74, 6) is 0.363. The third-order valence-electron chi connectivity index (χ3n) is 4.12. The Morgan fingerprint density at radius 3 is 2.95 bits per heavy atom. The highest BCUT2D eigenvalue weighted by molar-refractivity contribution is 6.01. The van der Waals surface area contributed by atoms with Crippen molar-refractivity contribution in [2.45, 2.75) is 31.3 Å². The molecule has 1 saturated carbocycles. The summed E-state index contributed by atoms with van der Waals surface area (Å²) < 4.78 is 5.35. The number of carbonyl (C=O) groups excluding carboxylic acids is 2. The molecule has 1 aliphatic carbocycles. The third kappa shape index (κ3) is 2.71. The van der Waals surface area contributed by atoms with Gasteiger partial charge in [-0.2, -0.15) is 0 Å². The number of amides is 2. The van der Waals surface area contributed by atoms with E-state index in [-0.39, 0.29) is 30.5 Å². The third-order valence-corrected chi connectivity index (χ3v) is 4.12. The second-order valence-corrected chi connectivity index (χ2v) is 5.67. The number of carbonyl (C=O) groups is 2. The fraction of sp³-hybridized carbons (Fsp3) is 0.467. The lowest BCUT2D eigenvalue weighted by molar-refractivity contribution is -0.120. The van der Waals surface area contributed by atoms with E-state index in [4.69, 9.17) is 10.5 Å². The van der Waals surface area contributed by atoms with Crippen molar-refractivity contribution in [2.24, 2.45) is 5.73 Å². The molecule has 3 rings (SSSR count). The van der Waals surface area contributed by atoms with Gasteiger partial charge >= 0.3 is 0 Å². The van der Waals surface area contributed by atoms with Crippen LogP contribution in [0, 0.1) is 0 Å². The van der Waals surface area contributed by atoms with Crippen molar-refractivity contribution < 1.29 is 14.3 Å². The van der Waals surface area contributed by atoms with Crippen LogP contribution < -0.4 is 20.7 Å². The zero-order chi connectivity index (χ0) is 15.0. The van der Waals surface area contributed by atoms with Crippen molar-refractivity contribution in [3.8, 4) is 5.75 Å². The van der Waals surface area contributed by atoms with Crippen molar-refractivity contribution in [1.82, 2.24) is 5.32 Å². The van der Waals surface area contributed by atoms with E-state index in [2.05, 4.69) is 5.32 Å². The summed E-state index contributed by atoms with van der Waals surface area (Å²) in [6.07, 6.45) is 2.68. The quantitative estimate of drug-likeness (QED) is 0.837. The number of hydrogen-bond acceptors (Lipinski definition) is 4. The Hall–Kier alpha value is -2.08. The summed E-state index contributed by atoms with van der Waals surface area (Å²) in [6, 6.07) is 5.45. The van der Waals surface area contributed by atoms with E-state index in [1.165, 1.54) is 4.90 Å². The van der Waals surface area contributed by atoms with Crippen molar-refractivity contribution in [1.29, 1.82) is 0 Å². The molecule has 0 unspecified atom stereocenters. The van der Waals surface area contributed by atoms with Gasteiger partial charge in [-0.25, -0.2) is 0 Å². The fourth-order valence-electron chi connectivity index (χ4n) is 2.83. The normalized spacial score (nSPS) is 24.5. The van der Waals surface area contributed by atoms with Gasteiger partial charge in [0, 0.05) is 24.7 Å². The van der Waals surface area contributed by atoms with Crippen molar-refractivity contribution >= 4 is 17.5 Å². The first-order chi connectivity index (χ1) is 10.0. The van der Waals surface area contributed by atoms with Crippen LogP contribution in [0.3, 0.4) is 0 Å². The summed E-state index contributed by atoms with van der Waals surface area (Å²) in [6.45, 7) is 0.0367. The molecule has 1 fully saturated rings. The van der Waals surface area contributed by atoms with Gasteiger partial charge in [0.25, 0.3) is 11.8 Å². The molecule has 2 atom stereocenters. The summed E-state index contributed by atoms with van der Waals surface area (Å²) in [5.41, 5.74) is 7.01. The van der Waals surface area contributed by atoms with Crippen molar-refractivity contribution in [3.63, 3.8) is 0 Å². The summed E-state index contributed by atoms with van der Waals surface area (Å²) in [7, 11) is 1.68. The Kier molecular flexibility index (Phi) is 3.55. The average Bonchev–Trinajstić information content (AvgIpc) is 2.88. The number of nitrogens with two attached hydrogens (primary N) is 1. The van der Waals surface area contributed by atoms with Crippen LogP contribution in [0.15, 0.2) is 18.2 Å². The lowest BCUT2D eigenvalue weighted by Crippen LogP contribution is -2.36. The summed E-state index contributed by atoms with van der Waals surface area (Å²) in [4.78, 5) is 25.4. The number of likely N-dealkylation sites (N-methyl/N-ethyl adjacent to an activating group) is 1. The molecule has 0 saturated heterocycles. The first-order valence-electron chi connectivity index (χ1n) is 7.14. The van der Waals surface area contributed by atoms with Gasteiger partial charge in [-0.05, 0) is 37.5 Å². The summed E-state index contributed by atoms with van der Waals surface area (Å²) >= 11 is 0. The highest BCUT2D eigenvalue weighted by Crippen LogP contribution is 2.32. The largest absolute Gasteiger partial charge is 0.482 e. The number of fused-ring (bicyclic) bond motifs is 1. The van der Waals surface area contributed by atoms with E-state index in [1.54, 1.807) is 25.2 Å². The molecule has 112 valence electrons. The van der Waals surface area contributed by atoms with Crippen LogP contribution in [0.2, 0.25) is 0 Å². The minimum absolute atomic E-state index is 0.0367. The van der Waals surface area contributed by atoms with E-state index >= 15 is 0 Å². The number of hydrogen-bond donors (Lipinski definition) is 2. The van der Waals surface area contributed by atoms with E-state index in [0.717, 1.165) is 19.3 Å². The molecule has 2 amide bonds. The first kappa shape index (κ1) is 13.9. The second kappa shape index (κ2) is 5.37. The number of nitrogens with zero attached hydrogens (tertiary/aromatic N) is 1. The van der Waals surface area contributed by atoms with Crippen molar-refractivity contribution in [2.75, 3.05) is 18.6 Å². The zero-order valence-electron chi connectivity index (χ0n) is 12.0. The molecule has 3 N–H and O–H groups in total. The number of rotatable bonds is 2. The minimum atomic E-state index is -0.136. The SMILES string of the molecule is CN1C(=O)COc2ccc(C(=O)N[C@@H]3CC[C@@H](N)C3)cc21. The van der Waals surface area contributed by atoms with Crippen LogP contribution in [0.5, 0.6) is 5.75 Å². The molecular weight excluding hydrogens is 270 g/mol. The predicted octanol–water partition coefficient (Wildman–Crippen LogP) is 0.651. The maximum atomic E-state index is 12.3. The fourth-order valence-corrected chi connectivity index (χ4v) is 2.83. The second-order valence-electron chi connectivity index (χ2n) is 5.67. The molecule has 6 heteroatoms. The molecule has 1 heterocycles. The molecule has 21 heavy (non-hydrogen) atoms. The van der Waals surface area contributed by atoms with Crippen LogP contribution >= 0.6 is 0 Å². The van der Waals surface area contributed by atoms with Crippen LogP contribution in [0.25, 0.3) is 0 Å². The number of benzene rings is 1. The van der Waals surface area contributed by atoms with Gasteiger partial charge in [-0.3, -0.25) is 9.59 Å². The van der Waals surface area contributed by atoms with Crippen LogP contribution in [0.4, 0.5) is 5.69 Å². The first-order valence-corrected chi connectivity index (χ1v) is 7.14. The van der Waals surface area contributed by atoms with Crippen LogP contribution in [0.1, 0.15) is 29.6 Å². The molecule has 1 aromatic rings. The molecule has 1 aromatic carbocycles. The molecule has 0 aromatic heterocycles. The molecule has 0 spiro atoms. The lowest BCUT2D eigenvalue weighted by Gasteiger charge is -2.26. The number of ether oxygens (including phenoxy) is 1. The van der Waals surface area contributed by atoms with Crippen molar-refractivity contribution in [3.05, 3.63) is 23.8 Å². The topological polar surface area (TPSA) is 84.7 Å². The standard InChI is InChI=1S/C15H19N3O3/c1-18-12-6-9(2-5-13(12)21-8-14(18)19)15(20)17-11-4-3-10(16)7-11/h2,5-6,10-11H,3-4,7-8,16H2,1H3,(H,17,20)/t10-,11-/m1/s1. The highest BCUT2D eigenvalue weighted by atomic mass is 16.5. The van der Waals surface area contributed by atoms with Gasteiger partial charge in [-0.15, -0.1) is 0 Å². The smallest absolute Gasteiger partial charge is 0.264 e. The monoisotopic (exact) mass is 289 g/mol. The van der Waals surface area contributed by atoms with E-state index in [9.17, 15) is 9.59 Å². The number of anilines is 1. The molecular formula is C15H19N3O3. The Bertz CT molecular complexity index is 588. The predicted molar refractivity (Wildman–Crippen MR) is 78.4 cm³/mol. The van der Waals surface area contributed by atoms with Gasteiger partial charge in [0.1, 0.15) is 5.75 Å². The van der Waals surface area contributed by atoms with Gasteiger partial charge in [0.2, 0.25) is 0 Å². The minimum Gasteiger partial charge on any atom is -0.482 e. The molecule has 6 nitrogen and oxygen atoms in total. The molecule has 1 aliphatic heterocycles. The van der Waals surface area contributed by atoms with Gasteiger partial charge < -0.3 is 20.7 Å². The average molecular weight is 289 g/mol. The molecule has 0 bridgehead atoms. The maximum absolute atomic E-state index is 12.3. The van der Waals surface area contributed by atoms with Gasteiger partial charge in [0.05, 0.1) is 5.69 Å². The Labute approximate surface area is 123 Å². The van der Waals surface area contributed by atoms with Crippen LogP contribution in [-0.4, -0.2) is 37.6 Å².